The van der Waals surface area contributed by atoms with Crippen LogP contribution in [-0.2, 0) is 4.79 Å². The number of nitrogens with zero attached hydrogens (tertiary/aromatic N) is 1. The molecule has 19 heavy (non-hydrogen) atoms. The van der Waals surface area contributed by atoms with E-state index in [-0.39, 0.29) is 11.7 Å². The zero-order valence-corrected chi connectivity index (χ0v) is 12.6. The van der Waals surface area contributed by atoms with Crippen molar-refractivity contribution in [3.05, 3.63) is 28.5 Å². The van der Waals surface area contributed by atoms with Crippen LogP contribution in [0, 0.1) is 11.7 Å². The Labute approximate surface area is 120 Å². The number of likely N-dealkylation sites (N-methyl/N-ethyl adjacent to an activating group) is 1. The van der Waals surface area contributed by atoms with Gasteiger partial charge in [-0.25, -0.2) is 4.39 Å². The van der Waals surface area contributed by atoms with Gasteiger partial charge >= 0.3 is 0 Å². The van der Waals surface area contributed by atoms with E-state index in [1.165, 1.54) is 31.0 Å². The molecule has 1 aliphatic rings. The molecule has 1 fully saturated rings. The zero-order chi connectivity index (χ0) is 14.0. The van der Waals surface area contributed by atoms with E-state index in [1.54, 1.807) is 18.9 Å². The molecule has 1 aliphatic carbocycles. The zero-order valence-electron chi connectivity index (χ0n) is 11.0. The first-order chi connectivity index (χ1) is 8.97. The third-order valence-electron chi connectivity index (χ3n) is 3.15. The van der Waals surface area contributed by atoms with Crippen LogP contribution in [0.15, 0.2) is 22.7 Å². The first-order valence-electron chi connectivity index (χ1n) is 6.34. The molecule has 0 aromatic heterocycles. The van der Waals surface area contributed by atoms with Gasteiger partial charge in [0, 0.05) is 13.6 Å². The van der Waals surface area contributed by atoms with Gasteiger partial charge in [0.2, 0.25) is 0 Å². The molecule has 0 spiro atoms. The summed E-state index contributed by atoms with van der Waals surface area (Å²) >= 11 is 3.22. The average Bonchev–Trinajstić information content (AvgIpc) is 3.15. The SMILES string of the molecule is CC(Oc1ccc(F)cc1Br)C(=O)N(C)CC1CC1. The summed E-state index contributed by atoms with van der Waals surface area (Å²) in [7, 11) is 1.79. The maximum absolute atomic E-state index is 13.0. The highest BCUT2D eigenvalue weighted by molar-refractivity contribution is 9.10. The number of carbonyl (C=O) groups is 1. The summed E-state index contributed by atoms with van der Waals surface area (Å²) in [6.07, 6.45) is 1.83. The van der Waals surface area contributed by atoms with E-state index in [2.05, 4.69) is 15.9 Å². The highest BCUT2D eigenvalue weighted by Gasteiger charge is 2.27. The van der Waals surface area contributed by atoms with E-state index in [4.69, 9.17) is 4.74 Å². The lowest BCUT2D eigenvalue weighted by Gasteiger charge is -2.22. The second kappa shape index (κ2) is 5.90. The molecule has 0 radical (unpaired) electrons. The van der Waals surface area contributed by atoms with E-state index in [0.717, 1.165) is 6.54 Å². The van der Waals surface area contributed by atoms with Gasteiger partial charge < -0.3 is 9.64 Å². The summed E-state index contributed by atoms with van der Waals surface area (Å²) in [5.74, 6) is 0.730. The highest BCUT2D eigenvalue weighted by Crippen LogP contribution is 2.30. The highest BCUT2D eigenvalue weighted by atomic mass is 79.9. The van der Waals surface area contributed by atoms with Crippen LogP contribution < -0.4 is 4.74 Å². The van der Waals surface area contributed by atoms with Gasteiger partial charge in [-0.3, -0.25) is 4.79 Å². The van der Waals surface area contributed by atoms with Crippen molar-refractivity contribution in [1.29, 1.82) is 0 Å². The number of ether oxygens (including phenoxy) is 1. The Morgan fingerprint density at radius 3 is 2.84 bits per heavy atom. The minimum Gasteiger partial charge on any atom is -0.480 e. The standard InChI is InChI=1S/C14H17BrFNO2/c1-9(14(18)17(2)8-10-3-4-10)19-13-6-5-11(16)7-12(13)15/h5-7,9-10H,3-4,8H2,1-2H3. The van der Waals surface area contributed by atoms with Crippen molar-refractivity contribution in [3.8, 4) is 5.75 Å². The van der Waals surface area contributed by atoms with E-state index >= 15 is 0 Å². The van der Waals surface area contributed by atoms with Crippen LogP contribution in [0.25, 0.3) is 0 Å². The molecule has 0 bridgehead atoms. The molecular weight excluding hydrogens is 313 g/mol. The molecule has 2 rings (SSSR count). The second-order valence-corrected chi connectivity index (χ2v) is 5.85. The van der Waals surface area contributed by atoms with Crippen LogP contribution in [0.2, 0.25) is 0 Å². The predicted octanol–water partition coefficient (Wildman–Crippen LogP) is 3.22. The van der Waals surface area contributed by atoms with Gasteiger partial charge in [-0.1, -0.05) is 0 Å². The number of hydrogen-bond donors (Lipinski definition) is 0. The summed E-state index contributed by atoms with van der Waals surface area (Å²) < 4.78 is 19.1. The molecule has 0 saturated heterocycles. The van der Waals surface area contributed by atoms with Crippen LogP contribution in [0.4, 0.5) is 4.39 Å². The van der Waals surface area contributed by atoms with Gasteiger partial charge in [0.05, 0.1) is 4.47 Å². The fourth-order valence-corrected chi connectivity index (χ4v) is 2.34. The first kappa shape index (κ1) is 14.3. The molecule has 0 heterocycles. The molecule has 1 amide bonds. The first-order valence-corrected chi connectivity index (χ1v) is 7.13. The average molecular weight is 330 g/mol. The molecule has 5 heteroatoms. The monoisotopic (exact) mass is 329 g/mol. The van der Waals surface area contributed by atoms with Gasteiger partial charge in [-0.05, 0) is 59.8 Å². The van der Waals surface area contributed by atoms with Gasteiger partial charge in [0.25, 0.3) is 5.91 Å². The molecular formula is C14H17BrFNO2. The minimum atomic E-state index is -0.578. The van der Waals surface area contributed by atoms with Crippen LogP contribution in [0.3, 0.4) is 0 Å². The molecule has 1 aromatic carbocycles. The molecule has 1 atom stereocenters. The number of benzene rings is 1. The van der Waals surface area contributed by atoms with Gasteiger partial charge in [0.15, 0.2) is 6.10 Å². The van der Waals surface area contributed by atoms with Crippen LogP contribution in [0.1, 0.15) is 19.8 Å². The maximum atomic E-state index is 13.0. The van der Waals surface area contributed by atoms with Crippen LogP contribution in [-0.4, -0.2) is 30.5 Å². The van der Waals surface area contributed by atoms with E-state index in [1.807, 2.05) is 0 Å². The Balaban J connectivity index is 1.95. The lowest BCUT2D eigenvalue weighted by molar-refractivity contribution is -0.136. The van der Waals surface area contributed by atoms with Crippen molar-refractivity contribution in [2.24, 2.45) is 5.92 Å². The number of hydrogen-bond acceptors (Lipinski definition) is 2. The van der Waals surface area contributed by atoms with Gasteiger partial charge in [-0.15, -0.1) is 0 Å². The fraction of sp³-hybridized carbons (Fsp3) is 0.500. The largest absolute Gasteiger partial charge is 0.480 e. The Morgan fingerprint density at radius 1 is 1.58 bits per heavy atom. The third kappa shape index (κ3) is 3.93. The summed E-state index contributed by atoms with van der Waals surface area (Å²) in [4.78, 5) is 13.8. The normalized spacial score (nSPS) is 16.0. The van der Waals surface area contributed by atoms with Crippen molar-refractivity contribution in [3.63, 3.8) is 0 Å². The Kier molecular flexibility index (Phi) is 4.45. The van der Waals surface area contributed by atoms with Crippen molar-refractivity contribution in [2.75, 3.05) is 13.6 Å². The van der Waals surface area contributed by atoms with Gasteiger partial charge in [0.1, 0.15) is 11.6 Å². The molecule has 1 aromatic rings. The molecule has 0 N–H and O–H groups in total. The Morgan fingerprint density at radius 2 is 2.26 bits per heavy atom. The lowest BCUT2D eigenvalue weighted by atomic mass is 10.3. The van der Waals surface area contributed by atoms with E-state index < -0.39 is 6.10 Å². The number of halogens is 2. The molecule has 0 aliphatic heterocycles. The Hall–Kier alpha value is -1.10. The fourth-order valence-electron chi connectivity index (χ4n) is 1.90. The second-order valence-electron chi connectivity index (χ2n) is 5.00. The lowest BCUT2D eigenvalue weighted by Crippen LogP contribution is -2.39. The van der Waals surface area contributed by atoms with Crippen LogP contribution >= 0.6 is 15.9 Å². The third-order valence-corrected chi connectivity index (χ3v) is 3.77. The maximum Gasteiger partial charge on any atom is 0.263 e. The van der Waals surface area contributed by atoms with E-state index in [9.17, 15) is 9.18 Å². The summed E-state index contributed by atoms with van der Waals surface area (Å²) in [6, 6.07) is 4.15. The van der Waals surface area contributed by atoms with Gasteiger partial charge in [-0.2, -0.15) is 0 Å². The quantitative estimate of drug-likeness (QED) is 0.830. The molecule has 1 saturated carbocycles. The van der Waals surface area contributed by atoms with Crippen molar-refractivity contribution in [1.82, 2.24) is 4.90 Å². The Bertz CT molecular complexity index is 477. The summed E-state index contributed by atoms with van der Waals surface area (Å²) in [6.45, 7) is 2.50. The predicted molar refractivity (Wildman–Crippen MR) is 74.6 cm³/mol. The number of carbonyl (C=O) groups excluding carboxylic acids is 1. The molecule has 104 valence electrons. The molecule has 3 nitrogen and oxygen atoms in total. The summed E-state index contributed by atoms with van der Waals surface area (Å²) in [5.41, 5.74) is 0. The smallest absolute Gasteiger partial charge is 0.263 e. The summed E-state index contributed by atoms with van der Waals surface area (Å²) in [5, 5.41) is 0. The number of rotatable bonds is 5. The van der Waals surface area contributed by atoms with E-state index in [0.29, 0.717) is 16.1 Å². The molecule has 1 unspecified atom stereocenters. The van der Waals surface area contributed by atoms with Crippen molar-refractivity contribution < 1.29 is 13.9 Å². The number of amides is 1. The minimum absolute atomic E-state index is 0.0527. The van der Waals surface area contributed by atoms with Crippen molar-refractivity contribution >= 4 is 21.8 Å². The van der Waals surface area contributed by atoms with Crippen molar-refractivity contribution in [2.45, 2.75) is 25.9 Å². The topological polar surface area (TPSA) is 29.5 Å². The van der Waals surface area contributed by atoms with Crippen LogP contribution in [0.5, 0.6) is 5.75 Å².